The molecule has 2 nitrogen and oxygen atoms in total. The van der Waals surface area contributed by atoms with Gasteiger partial charge in [-0.1, -0.05) is 24.6 Å². The molecule has 3 heteroatoms. The van der Waals surface area contributed by atoms with Gasteiger partial charge in [-0.05, 0) is 24.6 Å². The first kappa shape index (κ1) is 10.1. The van der Waals surface area contributed by atoms with E-state index >= 15 is 0 Å². The standard InChI is InChI=1S/C10H12ClNO/c1-3-10(13)12-9-6-8(11)5-4-7(9)2/h4-6H,3H2,1-2H3,(H,12,13). The van der Waals surface area contributed by atoms with E-state index in [2.05, 4.69) is 5.32 Å². The van der Waals surface area contributed by atoms with Gasteiger partial charge in [-0.25, -0.2) is 0 Å². The molecule has 0 aliphatic rings. The van der Waals surface area contributed by atoms with Crippen molar-refractivity contribution in [3.8, 4) is 0 Å². The van der Waals surface area contributed by atoms with Crippen LogP contribution in [0.4, 0.5) is 5.69 Å². The van der Waals surface area contributed by atoms with E-state index in [9.17, 15) is 4.79 Å². The molecule has 0 bridgehead atoms. The summed E-state index contributed by atoms with van der Waals surface area (Å²) in [5.41, 5.74) is 1.81. The molecule has 1 rings (SSSR count). The van der Waals surface area contributed by atoms with Crippen molar-refractivity contribution in [2.24, 2.45) is 0 Å². The van der Waals surface area contributed by atoms with Crippen LogP contribution in [0.3, 0.4) is 0 Å². The summed E-state index contributed by atoms with van der Waals surface area (Å²) in [4.78, 5) is 11.1. The molecular formula is C10H12ClNO. The van der Waals surface area contributed by atoms with Crippen molar-refractivity contribution in [2.75, 3.05) is 5.32 Å². The highest BCUT2D eigenvalue weighted by atomic mass is 35.5. The van der Waals surface area contributed by atoms with Gasteiger partial charge in [0.05, 0.1) is 0 Å². The van der Waals surface area contributed by atoms with Crippen LogP contribution in [0.15, 0.2) is 18.2 Å². The van der Waals surface area contributed by atoms with Crippen LogP contribution in [0.25, 0.3) is 0 Å². The number of anilines is 1. The van der Waals surface area contributed by atoms with Crippen LogP contribution in [0.5, 0.6) is 0 Å². The molecule has 0 unspecified atom stereocenters. The zero-order valence-corrected chi connectivity index (χ0v) is 8.48. The molecule has 0 heterocycles. The van der Waals surface area contributed by atoms with Crippen molar-refractivity contribution in [3.63, 3.8) is 0 Å². The SMILES string of the molecule is CCC(=O)Nc1cc(Cl)ccc1C. The summed E-state index contributed by atoms with van der Waals surface area (Å²) in [6.45, 7) is 3.75. The zero-order valence-electron chi connectivity index (χ0n) is 7.73. The monoisotopic (exact) mass is 197 g/mol. The average Bonchev–Trinajstić information content (AvgIpc) is 2.11. The molecule has 0 aliphatic heterocycles. The molecule has 1 amide bonds. The molecule has 1 aromatic carbocycles. The number of hydrogen-bond acceptors (Lipinski definition) is 1. The number of benzene rings is 1. The van der Waals surface area contributed by atoms with Crippen LogP contribution in [-0.2, 0) is 4.79 Å². The number of halogens is 1. The molecule has 13 heavy (non-hydrogen) atoms. The third-order valence-electron chi connectivity index (χ3n) is 1.79. The number of carbonyl (C=O) groups excluding carboxylic acids is 1. The third kappa shape index (κ3) is 2.74. The van der Waals surface area contributed by atoms with E-state index in [4.69, 9.17) is 11.6 Å². The van der Waals surface area contributed by atoms with Crippen molar-refractivity contribution < 1.29 is 4.79 Å². The fourth-order valence-electron chi connectivity index (χ4n) is 0.967. The summed E-state index contributed by atoms with van der Waals surface area (Å²) in [6, 6.07) is 5.44. The van der Waals surface area contributed by atoms with E-state index in [0.29, 0.717) is 11.4 Å². The molecule has 0 atom stereocenters. The van der Waals surface area contributed by atoms with Crippen LogP contribution in [0.1, 0.15) is 18.9 Å². The Kier molecular flexibility index (Phi) is 3.32. The quantitative estimate of drug-likeness (QED) is 0.776. The minimum absolute atomic E-state index is 0.00497. The number of nitrogens with one attached hydrogen (secondary N) is 1. The van der Waals surface area contributed by atoms with Crippen LogP contribution >= 0.6 is 11.6 Å². The Morgan fingerprint density at radius 1 is 1.54 bits per heavy atom. The lowest BCUT2D eigenvalue weighted by Gasteiger charge is -2.07. The van der Waals surface area contributed by atoms with Crippen LogP contribution < -0.4 is 5.32 Å². The van der Waals surface area contributed by atoms with Gasteiger partial charge in [0.1, 0.15) is 0 Å². The molecule has 1 N–H and O–H groups in total. The Bertz CT molecular complexity index is 323. The van der Waals surface area contributed by atoms with Crippen LogP contribution in [0, 0.1) is 6.92 Å². The highest BCUT2D eigenvalue weighted by Crippen LogP contribution is 2.20. The largest absolute Gasteiger partial charge is 0.326 e. The van der Waals surface area contributed by atoms with Gasteiger partial charge in [0, 0.05) is 17.1 Å². The zero-order chi connectivity index (χ0) is 9.84. The average molecular weight is 198 g/mol. The Morgan fingerprint density at radius 2 is 2.23 bits per heavy atom. The number of rotatable bonds is 2. The molecule has 0 saturated carbocycles. The molecule has 0 aliphatic carbocycles. The topological polar surface area (TPSA) is 29.1 Å². The Labute approximate surface area is 82.9 Å². The summed E-state index contributed by atoms with van der Waals surface area (Å²) in [5, 5.41) is 3.41. The molecule has 0 radical (unpaired) electrons. The summed E-state index contributed by atoms with van der Waals surface area (Å²) in [6.07, 6.45) is 0.478. The van der Waals surface area contributed by atoms with Gasteiger partial charge in [-0.3, -0.25) is 4.79 Å². The second-order valence-electron chi connectivity index (χ2n) is 2.86. The van der Waals surface area contributed by atoms with Gasteiger partial charge >= 0.3 is 0 Å². The Balaban J connectivity index is 2.87. The first-order valence-corrected chi connectivity index (χ1v) is 4.57. The first-order chi connectivity index (χ1) is 6.13. The second-order valence-corrected chi connectivity index (χ2v) is 3.30. The lowest BCUT2D eigenvalue weighted by Crippen LogP contribution is -2.10. The number of amides is 1. The van der Waals surface area contributed by atoms with Gasteiger partial charge in [0.25, 0.3) is 0 Å². The van der Waals surface area contributed by atoms with E-state index in [0.717, 1.165) is 11.3 Å². The number of aryl methyl sites for hydroxylation is 1. The second kappa shape index (κ2) is 4.28. The minimum Gasteiger partial charge on any atom is -0.326 e. The molecule has 0 saturated heterocycles. The van der Waals surface area contributed by atoms with Crippen LogP contribution in [-0.4, -0.2) is 5.91 Å². The highest BCUT2D eigenvalue weighted by Gasteiger charge is 2.02. The van der Waals surface area contributed by atoms with Crippen molar-refractivity contribution in [1.29, 1.82) is 0 Å². The normalized spacial score (nSPS) is 9.77. The maximum Gasteiger partial charge on any atom is 0.224 e. The summed E-state index contributed by atoms with van der Waals surface area (Å²) in [5.74, 6) is 0.00497. The fourth-order valence-corrected chi connectivity index (χ4v) is 1.14. The lowest BCUT2D eigenvalue weighted by molar-refractivity contribution is -0.115. The maximum absolute atomic E-state index is 11.1. The molecule has 0 spiro atoms. The van der Waals surface area contributed by atoms with Gasteiger partial charge < -0.3 is 5.32 Å². The fraction of sp³-hybridized carbons (Fsp3) is 0.300. The smallest absolute Gasteiger partial charge is 0.224 e. The summed E-state index contributed by atoms with van der Waals surface area (Å²) in [7, 11) is 0. The predicted octanol–water partition coefficient (Wildman–Crippen LogP) is 3.00. The highest BCUT2D eigenvalue weighted by molar-refractivity contribution is 6.31. The van der Waals surface area contributed by atoms with Gasteiger partial charge in [0.2, 0.25) is 5.91 Å². The van der Waals surface area contributed by atoms with E-state index < -0.39 is 0 Å². The maximum atomic E-state index is 11.1. The van der Waals surface area contributed by atoms with Gasteiger partial charge in [0.15, 0.2) is 0 Å². The summed E-state index contributed by atoms with van der Waals surface area (Å²) >= 11 is 5.79. The van der Waals surface area contributed by atoms with E-state index in [-0.39, 0.29) is 5.91 Å². The van der Waals surface area contributed by atoms with E-state index in [1.165, 1.54) is 0 Å². The lowest BCUT2D eigenvalue weighted by atomic mass is 10.2. The van der Waals surface area contributed by atoms with E-state index in [1.54, 1.807) is 12.1 Å². The minimum atomic E-state index is 0.00497. The van der Waals surface area contributed by atoms with Crippen molar-refractivity contribution in [2.45, 2.75) is 20.3 Å². The van der Waals surface area contributed by atoms with E-state index in [1.807, 2.05) is 19.9 Å². The first-order valence-electron chi connectivity index (χ1n) is 4.19. The molecule has 1 aromatic rings. The van der Waals surface area contributed by atoms with Gasteiger partial charge in [-0.15, -0.1) is 0 Å². The molecular weight excluding hydrogens is 186 g/mol. The van der Waals surface area contributed by atoms with Crippen molar-refractivity contribution >= 4 is 23.2 Å². The predicted molar refractivity (Wildman–Crippen MR) is 55.1 cm³/mol. The number of hydrogen-bond donors (Lipinski definition) is 1. The van der Waals surface area contributed by atoms with Gasteiger partial charge in [-0.2, -0.15) is 0 Å². The van der Waals surface area contributed by atoms with Crippen molar-refractivity contribution in [1.82, 2.24) is 0 Å². The Hall–Kier alpha value is -1.02. The third-order valence-corrected chi connectivity index (χ3v) is 2.03. The van der Waals surface area contributed by atoms with Crippen molar-refractivity contribution in [3.05, 3.63) is 28.8 Å². The molecule has 0 aromatic heterocycles. The molecule has 70 valence electrons. The molecule has 0 fully saturated rings. The number of carbonyl (C=O) groups is 1. The summed E-state index contributed by atoms with van der Waals surface area (Å²) < 4.78 is 0. The Morgan fingerprint density at radius 3 is 2.85 bits per heavy atom. The van der Waals surface area contributed by atoms with Crippen LogP contribution in [0.2, 0.25) is 5.02 Å².